The molecule has 0 atom stereocenters. The molecule has 0 spiro atoms. The summed E-state index contributed by atoms with van der Waals surface area (Å²) in [5.74, 6) is 1.15. The van der Waals surface area contributed by atoms with E-state index in [1.807, 2.05) is 4.90 Å². The summed E-state index contributed by atoms with van der Waals surface area (Å²) in [7, 11) is 0. The number of amides is 2. The van der Waals surface area contributed by atoms with Crippen LogP contribution in [0.25, 0.3) is 0 Å². The zero-order valence-electron chi connectivity index (χ0n) is 18.1. The first-order valence-electron chi connectivity index (χ1n) is 10.6. The summed E-state index contributed by atoms with van der Waals surface area (Å²) in [4.78, 5) is 36.1. The maximum atomic E-state index is 12.2. The number of hydrogen-bond acceptors (Lipinski definition) is 7. The van der Waals surface area contributed by atoms with Crippen molar-refractivity contribution in [2.75, 3.05) is 25.4 Å². The molecular formula is C23H26N4O5S. The molecule has 1 N–H and O–H groups in total. The number of rotatable bonds is 10. The van der Waals surface area contributed by atoms with Crippen molar-refractivity contribution in [1.82, 2.24) is 10.3 Å². The number of piperidine rings is 1. The van der Waals surface area contributed by atoms with E-state index in [0.717, 1.165) is 37.1 Å². The molecule has 1 fully saturated rings. The second-order valence-electron chi connectivity index (χ2n) is 7.51. The molecule has 33 heavy (non-hydrogen) atoms. The molecule has 1 aliphatic rings. The highest BCUT2D eigenvalue weighted by Gasteiger charge is 2.16. The Hall–Kier alpha value is -3.40. The average Bonchev–Trinajstić information content (AvgIpc) is 2.84. The number of nitro benzene ring substituents is 1. The number of ether oxygens (including phenoxy) is 1. The lowest BCUT2D eigenvalue weighted by Gasteiger charge is -2.26. The Morgan fingerprint density at radius 2 is 1.79 bits per heavy atom. The number of benzene rings is 2. The molecular weight excluding hydrogens is 444 g/mol. The number of thioether (sulfide) groups is 1. The second-order valence-corrected chi connectivity index (χ2v) is 8.49. The minimum absolute atomic E-state index is 0.00880. The summed E-state index contributed by atoms with van der Waals surface area (Å²) in [6, 6.07) is 13.3. The van der Waals surface area contributed by atoms with E-state index in [4.69, 9.17) is 4.74 Å². The standard InChI is InChI=1S/C23H26N4O5S/c28-22(17-33-16-19-4-8-20(9-5-19)27(30)31)25-24-14-18-6-10-21(11-7-18)32-15-23(29)26-12-2-1-3-13-26/h4-11,14H,1-3,12-13,15-17H2,(H,25,28)/b24-14-. The Bertz CT molecular complexity index is 973. The Morgan fingerprint density at radius 3 is 2.45 bits per heavy atom. The van der Waals surface area contributed by atoms with E-state index in [2.05, 4.69) is 10.5 Å². The molecule has 0 aromatic heterocycles. The highest BCUT2D eigenvalue weighted by Crippen LogP contribution is 2.17. The number of nitrogens with one attached hydrogen (secondary N) is 1. The van der Waals surface area contributed by atoms with E-state index in [1.54, 1.807) is 36.4 Å². The molecule has 10 heteroatoms. The van der Waals surface area contributed by atoms with Gasteiger partial charge in [-0.15, -0.1) is 11.8 Å². The number of hydrogen-bond donors (Lipinski definition) is 1. The first-order chi connectivity index (χ1) is 16.0. The van der Waals surface area contributed by atoms with Crippen LogP contribution < -0.4 is 10.2 Å². The van der Waals surface area contributed by atoms with Gasteiger partial charge in [0.05, 0.1) is 16.9 Å². The maximum absolute atomic E-state index is 12.2. The van der Waals surface area contributed by atoms with E-state index in [-0.39, 0.29) is 29.9 Å². The number of carbonyl (C=O) groups excluding carboxylic acids is 2. The lowest BCUT2D eigenvalue weighted by atomic mass is 10.1. The van der Waals surface area contributed by atoms with Crippen LogP contribution in [0.3, 0.4) is 0 Å². The highest BCUT2D eigenvalue weighted by molar-refractivity contribution is 7.99. The van der Waals surface area contributed by atoms with Gasteiger partial charge in [-0.05, 0) is 54.7 Å². The molecule has 9 nitrogen and oxygen atoms in total. The average molecular weight is 471 g/mol. The summed E-state index contributed by atoms with van der Waals surface area (Å²) in [6.07, 6.45) is 4.81. The normalized spacial score (nSPS) is 13.6. The Morgan fingerprint density at radius 1 is 1.09 bits per heavy atom. The molecule has 2 aromatic carbocycles. The van der Waals surface area contributed by atoms with E-state index < -0.39 is 4.92 Å². The monoisotopic (exact) mass is 470 g/mol. The van der Waals surface area contributed by atoms with Gasteiger partial charge in [0.1, 0.15) is 5.75 Å². The molecule has 0 radical (unpaired) electrons. The van der Waals surface area contributed by atoms with Crippen molar-refractivity contribution in [1.29, 1.82) is 0 Å². The molecule has 0 bridgehead atoms. The lowest BCUT2D eigenvalue weighted by molar-refractivity contribution is -0.384. The van der Waals surface area contributed by atoms with E-state index in [0.29, 0.717) is 11.5 Å². The van der Waals surface area contributed by atoms with Crippen LogP contribution in [-0.2, 0) is 15.3 Å². The summed E-state index contributed by atoms with van der Waals surface area (Å²) in [5, 5.41) is 14.6. The smallest absolute Gasteiger partial charge is 0.269 e. The molecule has 0 unspecified atom stereocenters. The van der Waals surface area contributed by atoms with Crippen molar-refractivity contribution in [2.24, 2.45) is 5.10 Å². The summed E-state index contributed by atoms with van der Waals surface area (Å²) < 4.78 is 5.58. The predicted molar refractivity (Wildman–Crippen MR) is 127 cm³/mol. The number of nitrogens with zero attached hydrogens (tertiary/aromatic N) is 3. The van der Waals surface area contributed by atoms with E-state index in [9.17, 15) is 19.7 Å². The molecule has 3 rings (SSSR count). The van der Waals surface area contributed by atoms with Crippen LogP contribution in [0.5, 0.6) is 5.75 Å². The molecule has 0 saturated carbocycles. The number of likely N-dealkylation sites (tertiary alicyclic amines) is 1. The predicted octanol–water partition coefficient (Wildman–Crippen LogP) is 3.37. The van der Waals surface area contributed by atoms with Gasteiger partial charge < -0.3 is 9.64 Å². The van der Waals surface area contributed by atoms with Crippen LogP contribution in [0, 0.1) is 10.1 Å². The van der Waals surface area contributed by atoms with Gasteiger partial charge in [0, 0.05) is 31.0 Å². The van der Waals surface area contributed by atoms with Crippen LogP contribution in [0.1, 0.15) is 30.4 Å². The lowest BCUT2D eigenvalue weighted by Crippen LogP contribution is -2.38. The highest BCUT2D eigenvalue weighted by atomic mass is 32.2. The van der Waals surface area contributed by atoms with Crippen LogP contribution >= 0.6 is 11.8 Å². The molecule has 1 aliphatic heterocycles. The minimum atomic E-state index is -0.444. The molecule has 0 aliphatic carbocycles. The quantitative estimate of drug-likeness (QED) is 0.324. The summed E-state index contributed by atoms with van der Waals surface area (Å²) in [6.45, 7) is 1.64. The SMILES string of the molecule is O=C(CSCc1ccc([N+](=O)[O-])cc1)N/N=C\c1ccc(OCC(=O)N2CCCCC2)cc1. The number of carbonyl (C=O) groups is 2. The van der Waals surface area contributed by atoms with Crippen molar-refractivity contribution >= 4 is 35.5 Å². The molecule has 174 valence electrons. The number of hydrazone groups is 1. The van der Waals surface area contributed by atoms with Gasteiger partial charge >= 0.3 is 0 Å². The van der Waals surface area contributed by atoms with Crippen LogP contribution in [0.15, 0.2) is 53.6 Å². The van der Waals surface area contributed by atoms with Gasteiger partial charge in [0.2, 0.25) is 5.91 Å². The van der Waals surface area contributed by atoms with Gasteiger partial charge in [-0.3, -0.25) is 19.7 Å². The molecule has 1 heterocycles. The van der Waals surface area contributed by atoms with Gasteiger partial charge in [0.15, 0.2) is 6.61 Å². The third-order valence-electron chi connectivity index (χ3n) is 5.00. The Balaban J connectivity index is 1.34. The largest absolute Gasteiger partial charge is 0.484 e. The summed E-state index contributed by atoms with van der Waals surface area (Å²) in [5.41, 5.74) is 4.20. The molecule has 2 aromatic rings. The van der Waals surface area contributed by atoms with Gasteiger partial charge in [-0.2, -0.15) is 5.10 Å². The third-order valence-corrected chi connectivity index (χ3v) is 6.01. The van der Waals surface area contributed by atoms with Crippen molar-refractivity contribution in [2.45, 2.75) is 25.0 Å². The van der Waals surface area contributed by atoms with Crippen molar-refractivity contribution in [3.05, 3.63) is 69.8 Å². The third kappa shape index (κ3) is 8.23. The number of nitro groups is 1. The zero-order valence-corrected chi connectivity index (χ0v) is 19.0. The topological polar surface area (TPSA) is 114 Å². The molecule has 1 saturated heterocycles. The van der Waals surface area contributed by atoms with E-state index in [1.165, 1.54) is 36.5 Å². The fraction of sp³-hybridized carbons (Fsp3) is 0.348. The van der Waals surface area contributed by atoms with E-state index >= 15 is 0 Å². The van der Waals surface area contributed by atoms with Gasteiger partial charge in [-0.25, -0.2) is 5.43 Å². The fourth-order valence-electron chi connectivity index (χ4n) is 3.22. The van der Waals surface area contributed by atoms with Crippen LogP contribution in [-0.4, -0.2) is 53.3 Å². The Labute approximate surface area is 196 Å². The van der Waals surface area contributed by atoms with Gasteiger partial charge in [-0.1, -0.05) is 12.1 Å². The zero-order chi connectivity index (χ0) is 23.5. The van der Waals surface area contributed by atoms with Crippen molar-refractivity contribution < 1.29 is 19.2 Å². The molecule has 2 amide bonds. The van der Waals surface area contributed by atoms with Gasteiger partial charge in [0.25, 0.3) is 11.6 Å². The fourth-order valence-corrected chi connectivity index (χ4v) is 4.00. The maximum Gasteiger partial charge on any atom is 0.269 e. The van der Waals surface area contributed by atoms with Crippen molar-refractivity contribution in [3.63, 3.8) is 0 Å². The van der Waals surface area contributed by atoms with Crippen LogP contribution in [0.2, 0.25) is 0 Å². The first-order valence-corrected chi connectivity index (χ1v) is 11.8. The second kappa shape index (κ2) is 12.6. The number of non-ortho nitro benzene ring substituents is 1. The summed E-state index contributed by atoms with van der Waals surface area (Å²) >= 11 is 1.39. The van der Waals surface area contributed by atoms with Crippen molar-refractivity contribution in [3.8, 4) is 5.75 Å². The van der Waals surface area contributed by atoms with Crippen LogP contribution in [0.4, 0.5) is 5.69 Å². The minimum Gasteiger partial charge on any atom is -0.484 e. The Kier molecular flexibility index (Phi) is 9.25. The first kappa shape index (κ1) is 24.2.